The van der Waals surface area contributed by atoms with Crippen LogP contribution >= 0.6 is 0 Å². The standard InChI is InChI=1S/C20H21N5O4/c26-13-17-8-9-18(29-17)25-11-15(19(27)21-20(25)28)6-7-16-12-24(23-22-16)10-14-4-2-1-3-5-14/h1-7,11-12,17-18,26H,8-10,13H2,(H,21,27,28)/b7-6+/t17-,18+/m0/s1. The third-order valence-corrected chi connectivity index (χ3v) is 4.77. The Balaban J connectivity index is 1.52. The first kappa shape index (κ1) is 19.0. The molecular weight excluding hydrogens is 374 g/mol. The quantitative estimate of drug-likeness (QED) is 0.644. The Morgan fingerprint density at radius 3 is 2.76 bits per heavy atom. The lowest BCUT2D eigenvalue weighted by Crippen LogP contribution is -2.33. The van der Waals surface area contributed by atoms with Crippen molar-refractivity contribution in [2.45, 2.75) is 31.7 Å². The minimum absolute atomic E-state index is 0.0972. The fourth-order valence-corrected chi connectivity index (χ4v) is 3.27. The minimum Gasteiger partial charge on any atom is -0.394 e. The summed E-state index contributed by atoms with van der Waals surface area (Å²) in [5.74, 6) is 0. The molecule has 150 valence electrons. The highest BCUT2D eigenvalue weighted by molar-refractivity contribution is 5.66. The van der Waals surface area contributed by atoms with Crippen molar-refractivity contribution >= 4 is 12.2 Å². The summed E-state index contributed by atoms with van der Waals surface area (Å²) in [7, 11) is 0. The molecule has 2 N–H and O–H groups in total. The number of aromatic amines is 1. The maximum absolute atomic E-state index is 12.2. The zero-order chi connectivity index (χ0) is 20.2. The Bertz CT molecular complexity index is 1120. The predicted octanol–water partition coefficient (Wildman–Crippen LogP) is 1.02. The molecule has 0 spiro atoms. The van der Waals surface area contributed by atoms with E-state index in [1.807, 2.05) is 30.3 Å². The van der Waals surface area contributed by atoms with Crippen LogP contribution in [-0.4, -0.2) is 42.4 Å². The summed E-state index contributed by atoms with van der Waals surface area (Å²) < 4.78 is 8.70. The summed E-state index contributed by atoms with van der Waals surface area (Å²) in [6.45, 7) is 0.498. The van der Waals surface area contributed by atoms with Gasteiger partial charge in [-0.25, -0.2) is 9.48 Å². The Kier molecular flexibility index (Phi) is 5.50. The van der Waals surface area contributed by atoms with E-state index in [1.54, 1.807) is 23.0 Å². The maximum atomic E-state index is 12.2. The average molecular weight is 395 g/mol. The molecule has 0 bridgehead atoms. The topological polar surface area (TPSA) is 115 Å². The molecule has 1 saturated heterocycles. The predicted molar refractivity (Wildman–Crippen MR) is 106 cm³/mol. The zero-order valence-corrected chi connectivity index (χ0v) is 15.6. The van der Waals surface area contributed by atoms with E-state index in [2.05, 4.69) is 15.3 Å². The van der Waals surface area contributed by atoms with Gasteiger partial charge < -0.3 is 9.84 Å². The maximum Gasteiger partial charge on any atom is 0.330 e. The van der Waals surface area contributed by atoms with Crippen LogP contribution in [-0.2, 0) is 11.3 Å². The summed E-state index contributed by atoms with van der Waals surface area (Å²) in [5.41, 5.74) is 0.975. The van der Waals surface area contributed by atoms with Gasteiger partial charge in [0, 0.05) is 6.20 Å². The van der Waals surface area contributed by atoms with Gasteiger partial charge in [-0.2, -0.15) is 0 Å². The van der Waals surface area contributed by atoms with Gasteiger partial charge in [-0.3, -0.25) is 14.3 Å². The summed E-state index contributed by atoms with van der Waals surface area (Å²) in [6.07, 6.45) is 6.95. The van der Waals surface area contributed by atoms with E-state index in [4.69, 9.17) is 4.74 Å². The van der Waals surface area contributed by atoms with Gasteiger partial charge in [-0.1, -0.05) is 35.5 Å². The van der Waals surface area contributed by atoms with Gasteiger partial charge in [0.25, 0.3) is 5.56 Å². The van der Waals surface area contributed by atoms with Gasteiger partial charge in [0.1, 0.15) is 11.9 Å². The van der Waals surface area contributed by atoms with Crippen LogP contribution in [0.4, 0.5) is 0 Å². The largest absolute Gasteiger partial charge is 0.394 e. The number of aliphatic hydroxyl groups is 1. The molecule has 0 aliphatic carbocycles. The molecular formula is C20H21N5O4. The van der Waals surface area contributed by atoms with E-state index in [0.29, 0.717) is 30.6 Å². The molecule has 1 fully saturated rings. The van der Waals surface area contributed by atoms with Crippen LogP contribution in [0.25, 0.3) is 12.2 Å². The number of H-pyrrole nitrogens is 1. The highest BCUT2D eigenvalue weighted by atomic mass is 16.5. The lowest BCUT2D eigenvalue weighted by atomic mass is 10.2. The number of nitrogens with zero attached hydrogens (tertiary/aromatic N) is 4. The Labute approximate surface area is 165 Å². The number of aromatic nitrogens is 5. The summed E-state index contributed by atoms with van der Waals surface area (Å²) >= 11 is 0. The molecule has 29 heavy (non-hydrogen) atoms. The van der Waals surface area contributed by atoms with E-state index in [1.165, 1.54) is 10.8 Å². The SMILES string of the molecule is O=c1[nH]c(=O)n([C@H]2CC[C@@H](CO)O2)cc1/C=C/c1cn(Cc2ccccc2)nn1. The van der Waals surface area contributed by atoms with Crippen molar-refractivity contribution in [3.05, 3.63) is 80.4 Å². The Hall–Kier alpha value is -3.30. The van der Waals surface area contributed by atoms with Crippen LogP contribution in [0.2, 0.25) is 0 Å². The molecule has 4 rings (SSSR count). The van der Waals surface area contributed by atoms with Crippen LogP contribution in [0.1, 0.15) is 35.9 Å². The van der Waals surface area contributed by atoms with Crippen molar-refractivity contribution in [2.24, 2.45) is 0 Å². The number of hydrogen-bond acceptors (Lipinski definition) is 6. The molecule has 9 nitrogen and oxygen atoms in total. The monoisotopic (exact) mass is 395 g/mol. The highest BCUT2D eigenvalue weighted by Gasteiger charge is 2.26. The highest BCUT2D eigenvalue weighted by Crippen LogP contribution is 2.26. The summed E-state index contributed by atoms with van der Waals surface area (Å²) in [5, 5.41) is 17.4. The molecule has 0 saturated carbocycles. The molecule has 3 heterocycles. The molecule has 0 radical (unpaired) electrons. The second-order valence-electron chi connectivity index (χ2n) is 6.88. The number of ether oxygens (including phenoxy) is 1. The Morgan fingerprint density at radius 1 is 1.17 bits per heavy atom. The van der Waals surface area contributed by atoms with Gasteiger partial charge in [0.15, 0.2) is 0 Å². The van der Waals surface area contributed by atoms with Gasteiger partial charge in [-0.05, 0) is 30.6 Å². The first-order valence-electron chi connectivity index (χ1n) is 9.36. The summed E-state index contributed by atoms with van der Waals surface area (Å²) in [4.78, 5) is 26.6. The fraction of sp³-hybridized carbons (Fsp3) is 0.300. The molecule has 0 amide bonds. The molecule has 9 heteroatoms. The Morgan fingerprint density at radius 2 is 2.00 bits per heavy atom. The third-order valence-electron chi connectivity index (χ3n) is 4.77. The van der Waals surface area contributed by atoms with Crippen LogP contribution in [0.15, 0.2) is 52.3 Å². The minimum atomic E-state index is -0.537. The smallest absolute Gasteiger partial charge is 0.330 e. The van der Waals surface area contributed by atoms with E-state index in [-0.39, 0.29) is 12.7 Å². The molecule has 1 aromatic carbocycles. The van der Waals surface area contributed by atoms with Gasteiger partial charge >= 0.3 is 5.69 Å². The van der Waals surface area contributed by atoms with E-state index >= 15 is 0 Å². The second-order valence-corrected chi connectivity index (χ2v) is 6.88. The number of rotatable bonds is 6. The van der Waals surface area contributed by atoms with Crippen molar-refractivity contribution in [1.82, 2.24) is 24.5 Å². The second kappa shape index (κ2) is 8.38. The molecule has 1 aliphatic rings. The lowest BCUT2D eigenvalue weighted by molar-refractivity contribution is -0.0246. The number of aliphatic hydroxyl groups excluding tert-OH is 1. The molecule has 2 aromatic heterocycles. The number of hydrogen-bond donors (Lipinski definition) is 2. The molecule has 0 unspecified atom stereocenters. The van der Waals surface area contributed by atoms with Crippen molar-refractivity contribution in [3.8, 4) is 0 Å². The van der Waals surface area contributed by atoms with Crippen molar-refractivity contribution < 1.29 is 9.84 Å². The van der Waals surface area contributed by atoms with Gasteiger partial charge in [0.2, 0.25) is 0 Å². The number of nitrogens with one attached hydrogen (secondary N) is 1. The van der Waals surface area contributed by atoms with E-state index < -0.39 is 17.5 Å². The average Bonchev–Trinajstić information content (AvgIpc) is 3.37. The zero-order valence-electron chi connectivity index (χ0n) is 15.6. The lowest BCUT2D eigenvalue weighted by Gasteiger charge is -2.15. The van der Waals surface area contributed by atoms with E-state index in [0.717, 1.165) is 5.56 Å². The normalized spacial score (nSPS) is 19.2. The van der Waals surface area contributed by atoms with Crippen LogP contribution < -0.4 is 11.2 Å². The van der Waals surface area contributed by atoms with Gasteiger partial charge in [0.05, 0.1) is 31.0 Å². The van der Waals surface area contributed by atoms with E-state index in [9.17, 15) is 14.7 Å². The fourth-order valence-electron chi connectivity index (χ4n) is 3.27. The molecule has 2 atom stereocenters. The summed E-state index contributed by atoms with van der Waals surface area (Å²) in [6, 6.07) is 9.89. The van der Waals surface area contributed by atoms with Crippen LogP contribution in [0.3, 0.4) is 0 Å². The number of benzene rings is 1. The molecule has 3 aromatic rings. The first-order valence-corrected chi connectivity index (χ1v) is 9.36. The third kappa shape index (κ3) is 4.41. The van der Waals surface area contributed by atoms with Crippen molar-refractivity contribution in [1.29, 1.82) is 0 Å². The van der Waals surface area contributed by atoms with Crippen LogP contribution in [0, 0.1) is 0 Å². The van der Waals surface area contributed by atoms with Crippen molar-refractivity contribution in [2.75, 3.05) is 6.61 Å². The van der Waals surface area contributed by atoms with Crippen molar-refractivity contribution in [3.63, 3.8) is 0 Å². The first-order chi connectivity index (χ1) is 14.1. The van der Waals surface area contributed by atoms with Crippen LogP contribution in [0.5, 0.6) is 0 Å². The van der Waals surface area contributed by atoms with Gasteiger partial charge in [-0.15, -0.1) is 5.10 Å². The molecule has 1 aliphatic heterocycles.